The molecular formula is AgFeO4P. The maximum atomic E-state index is 8.55. The average Bonchev–Trinajstić information content (AvgIpc) is 0.722. The Morgan fingerprint density at radius 3 is 1.14 bits per heavy atom. The van der Waals surface area contributed by atoms with E-state index in [2.05, 4.69) is 0 Å². The summed E-state index contributed by atoms with van der Waals surface area (Å²) >= 11 is 0. The number of hydrogen-bond acceptors (Lipinski definition) is 4. The van der Waals surface area contributed by atoms with Gasteiger partial charge in [0, 0.05) is 0 Å². The van der Waals surface area contributed by atoms with Crippen molar-refractivity contribution in [2.75, 3.05) is 0 Å². The SMILES string of the molecule is O=P([O-])([O-])[O-].[Ag+].[Fe+2]. The number of rotatable bonds is 0. The average molecular weight is 259 g/mol. The van der Waals surface area contributed by atoms with Crippen LogP contribution in [0.3, 0.4) is 0 Å². The molecule has 0 aliphatic heterocycles. The second-order valence-corrected chi connectivity index (χ2v) is 1.34. The van der Waals surface area contributed by atoms with Gasteiger partial charge in [-0.1, -0.05) is 0 Å². The molecule has 0 atom stereocenters. The second-order valence-electron chi connectivity index (χ2n) is 0.447. The molecule has 0 saturated carbocycles. The molecule has 0 bridgehead atoms. The Morgan fingerprint density at radius 2 is 1.14 bits per heavy atom. The maximum Gasteiger partial charge on any atom is 2.00 e. The van der Waals surface area contributed by atoms with E-state index in [4.69, 9.17) is 19.2 Å². The summed E-state index contributed by atoms with van der Waals surface area (Å²) in [7, 11) is -5.39. The Morgan fingerprint density at radius 1 is 1.14 bits per heavy atom. The molecule has 0 aromatic carbocycles. The molecule has 0 aromatic rings. The summed E-state index contributed by atoms with van der Waals surface area (Å²) in [5.41, 5.74) is 0. The van der Waals surface area contributed by atoms with Crippen LogP contribution in [-0.2, 0) is 44.0 Å². The van der Waals surface area contributed by atoms with Crippen LogP contribution in [0.4, 0.5) is 0 Å². The van der Waals surface area contributed by atoms with E-state index in [0.29, 0.717) is 0 Å². The molecule has 0 amide bonds. The summed E-state index contributed by atoms with van der Waals surface area (Å²) in [6.45, 7) is 0. The van der Waals surface area contributed by atoms with Gasteiger partial charge in [-0.2, -0.15) is 7.82 Å². The predicted octanol–water partition coefficient (Wildman–Crippen LogP) is -2.83. The van der Waals surface area contributed by atoms with E-state index in [1.165, 1.54) is 0 Å². The normalized spacial score (nSPS) is 8.43. The van der Waals surface area contributed by atoms with Crippen LogP contribution >= 0.6 is 7.82 Å². The van der Waals surface area contributed by atoms with Gasteiger partial charge in [0.25, 0.3) is 0 Å². The molecule has 0 aromatic heterocycles. The fraction of sp³-hybridized carbons (Fsp3) is 0. The zero-order valence-electron chi connectivity index (χ0n) is 2.74. The fourth-order valence-electron chi connectivity index (χ4n) is 0. The van der Waals surface area contributed by atoms with E-state index in [9.17, 15) is 0 Å². The first kappa shape index (κ1) is 15.8. The van der Waals surface area contributed by atoms with Gasteiger partial charge in [0.1, 0.15) is 0 Å². The van der Waals surface area contributed by atoms with Crippen LogP contribution in [0.2, 0.25) is 0 Å². The van der Waals surface area contributed by atoms with E-state index >= 15 is 0 Å². The Bertz CT molecular complexity index is 57.8. The largest absolute Gasteiger partial charge is 2.00 e. The van der Waals surface area contributed by atoms with Crippen LogP contribution in [0.15, 0.2) is 0 Å². The molecule has 0 N–H and O–H groups in total. The molecule has 4 nitrogen and oxygen atoms in total. The fourth-order valence-corrected chi connectivity index (χ4v) is 0. The maximum absolute atomic E-state index is 8.55. The molecule has 0 fully saturated rings. The van der Waals surface area contributed by atoms with E-state index in [0.717, 1.165) is 0 Å². The van der Waals surface area contributed by atoms with Gasteiger partial charge in [-0.3, -0.25) is 0 Å². The van der Waals surface area contributed by atoms with Crippen molar-refractivity contribution in [3.05, 3.63) is 0 Å². The molecule has 0 heterocycles. The molecule has 48 valence electrons. The first-order valence-corrected chi connectivity index (χ1v) is 2.19. The van der Waals surface area contributed by atoms with Gasteiger partial charge < -0.3 is 19.2 Å². The Labute approximate surface area is 66.5 Å². The Hall–Kier alpha value is 1.37. The molecule has 7 heavy (non-hydrogen) atoms. The van der Waals surface area contributed by atoms with Crippen molar-refractivity contribution in [2.45, 2.75) is 0 Å². The van der Waals surface area contributed by atoms with Crippen LogP contribution in [0.1, 0.15) is 0 Å². The summed E-state index contributed by atoms with van der Waals surface area (Å²) in [4.78, 5) is 25.6. The van der Waals surface area contributed by atoms with Crippen LogP contribution in [0.5, 0.6) is 0 Å². The smallest absolute Gasteiger partial charge is 0.822 e. The third-order valence-electron chi connectivity index (χ3n) is 0. The van der Waals surface area contributed by atoms with Gasteiger partial charge in [0.15, 0.2) is 0 Å². The van der Waals surface area contributed by atoms with Crippen molar-refractivity contribution in [1.82, 2.24) is 0 Å². The molecule has 0 aliphatic carbocycles. The molecular weight excluding hydrogens is 259 g/mol. The van der Waals surface area contributed by atoms with Crippen LogP contribution in [-0.4, -0.2) is 0 Å². The molecule has 0 radical (unpaired) electrons. The van der Waals surface area contributed by atoms with Crippen molar-refractivity contribution in [1.29, 1.82) is 0 Å². The quantitative estimate of drug-likeness (QED) is 0.346. The second kappa shape index (κ2) is 5.51. The van der Waals surface area contributed by atoms with Crippen molar-refractivity contribution in [2.24, 2.45) is 0 Å². The van der Waals surface area contributed by atoms with Crippen LogP contribution in [0.25, 0.3) is 0 Å². The minimum atomic E-state index is -5.39. The molecule has 0 rings (SSSR count). The van der Waals surface area contributed by atoms with Gasteiger partial charge in [-0.05, 0) is 0 Å². The third-order valence-corrected chi connectivity index (χ3v) is 0. The summed E-state index contributed by atoms with van der Waals surface area (Å²) in [5.74, 6) is 0. The van der Waals surface area contributed by atoms with Gasteiger partial charge in [-0.15, -0.1) is 0 Å². The first-order chi connectivity index (χ1) is 2.00. The van der Waals surface area contributed by atoms with Crippen LogP contribution < -0.4 is 14.7 Å². The minimum Gasteiger partial charge on any atom is -0.822 e. The standard InChI is InChI=1S/Ag.Fe.H3O4P/c;;1-5(2,3)4/h;;(H3,1,2,3,4)/q+1;+2;/p-3. The van der Waals surface area contributed by atoms with Crippen molar-refractivity contribution >= 4 is 7.82 Å². The topological polar surface area (TPSA) is 86.2 Å². The van der Waals surface area contributed by atoms with Crippen LogP contribution in [0, 0.1) is 0 Å². The molecule has 0 unspecified atom stereocenters. The van der Waals surface area contributed by atoms with Crippen molar-refractivity contribution < 1.29 is 58.7 Å². The van der Waals surface area contributed by atoms with E-state index in [1.807, 2.05) is 0 Å². The number of phosphoric acid groups is 1. The number of hydrogen-bond donors (Lipinski definition) is 0. The van der Waals surface area contributed by atoms with Crippen molar-refractivity contribution in [3.63, 3.8) is 0 Å². The monoisotopic (exact) mass is 258 g/mol. The third kappa shape index (κ3) is 113. The predicted molar refractivity (Wildman–Crippen MR) is 7.61 cm³/mol. The van der Waals surface area contributed by atoms with Gasteiger partial charge >= 0.3 is 39.4 Å². The van der Waals surface area contributed by atoms with Gasteiger partial charge in [0.2, 0.25) is 0 Å². The molecule has 0 spiro atoms. The summed E-state index contributed by atoms with van der Waals surface area (Å²) in [5, 5.41) is 0. The molecule has 7 heteroatoms. The summed E-state index contributed by atoms with van der Waals surface area (Å²) in [6.07, 6.45) is 0. The van der Waals surface area contributed by atoms with E-state index in [-0.39, 0.29) is 39.4 Å². The molecule has 0 saturated heterocycles. The molecule has 0 aliphatic rings. The Kier molecular flexibility index (Phi) is 12.4. The van der Waals surface area contributed by atoms with Crippen molar-refractivity contribution in [3.8, 4) is 0 Å². The van der Waals surface area contributed by atoms with Gasteiger partial charge in [0.05, 0.1) is 0 Å². The first-order valence-electron chi connectivity index (χ1n) is 0.730. The Balaban J connectivity index is -0.0000000800. The minimum absolute atomic E-state index is 0. The summed E-state index contributed by atoms with van der Waals surface area (Å²) < 4.78 is 8.55. The summed E-state index contributed by atoms with van der Waals surface area (Å²) in [6, 6.07) is 0. The zero-order chi connectivity index (χ0) is 4.50. The van der Waals surface area contributed by atoms with E-state index in [1.54, 1.807) is 0 Å². The van der Waals surface area contributed by atoms with E-state index < -0.39 is 7.82 Å². The van der Waals surface area contributed by atoms with Gasteiger partial charge in [-0.25, -0.2) is 0 Å². The zero-order valence-corrected chi connectivity index (χ0v) is 6.22.